The summed E-state index contributed by atoms with van der Waals surface area (Å²) in [5.74, 6) is 0.307. The van der Waals surface area contributed by atoms with Crippen LogP contribution in [-0.4, -0.2) is 31.2 Å². The zero-order valence-corrected chi connectivity index (χ0v) is 8.46. The first-order valence-corrected chi connectivity index (χ1v) is 4.15. The molecule has 0 heterocycles. The minimum Gasteiger partial charge on any atom is -0.351 e. The van der Waals surface area contributed by atoms with Crippen molar-refractivity contribution in [2.24, 2.45) is 0 Å². The van der Waals surface area contributed by atoms with E-state index in [2.05, 4.69) is 6.92 Å². The summed E-state index contributed by atoms with van der Waals surface area (Å²) in [4.78, 5) is 21.1. The highest BCUT2D eigenvalue weighted by Crippen LogP contribution is 1.92. The first-order valence-electron chi connectivity index (χ1n) is 4.15. The van der Waals surface area contributed by atoms with Crippen LogP contribution in [0.2, 0.25) is 0 Å². The summed E-state index contributed by atoms with van der Waals surface area (Å²) in [7, 11) is 3.38. The summed E-state index contributed by atoms with van der Waals surface area (Å²) in [6.45, 7) is 3.72. The van der Waals surface area contributed by atoms with Crippen LogP contribution < -0.4 is 0 Å². The Hall–Kier alpha value is -0.860. The molecule has 0 N–H and O–H groups in total. The number of Topliss-reactive ketones (excluding diaryl/α,β-unsaturated/α-hetero) is 1. The molecule has 0 spiro atoms. The average Bonchev–Trinajstić information content (AvgIpc) is 2.02. The maximum Gasteiger partial charge on any atom is 0.209 e. The van der Waals surface area contributed by atoms with Crippen LogP contribution in [0.5, 0.6) is 0 Å². The van der Waals surface area contributed by atoms with Crippen molar-refractivity contribution < 1.29 is 9.59 Å². The van der Waals surface area contributed by atoms with Crippen LogP contribution in [0.25, 0.3) is 0 Å². The molecule has 3 nitrogen and oxygen atoms in total. The topological polar surface area (TPSA) is 37.4 Å². The van der Waals surface area contributed by atoms with Gasteiger partial charge in [-0.2, -0.15) is 0 Å². The Morgan fingerprint density at radius 3 is 1.92 bits per heavy atom. The number of amides is 1. The summed E-state index contributed by atoms with van der Waals surface area (Å²) in [6.07, 6.45) is 3.69. The lowest BCUT2D eigenvalue weighted by Crippen LogP contribution is -2.06. The number of ketones is 1. The minimum atomic E-state index is 0.307. The number of hydrogen-bond acceptors (Lipinski definition) is 2. The second-order valence-electron chi connectivity index (χ2n) is 2.87. The van der Waals surface area contributed by atoms with E-state index in [0.29, 0.717) is 5.78 Å². The van der Waals surface area contributed by atoms with E-state index < -0.39 is 0 Å². The number of nitrogens with zero attached hydrogens (tertiary/aromatic N) is 1. The molecule has 0 aromatic carbocycles. The Morgan fingerprint density at radius 1 is 1.42 bits per heavy atom. The minimum absolute atomic E-state index is 0.307. The summed E-state index contributed by atoms with van der Waals surface area (Å²) in [5.41, 5.74) is 0. The van der Waals surface area contributed by atoms with Crippen molar-refractivity contribution in [2.75, 3.05) is 14.1 Å². The van der Waals surface area contributed by atoms with Gasteiger partial charge in [-0.3, -0.25) is 4.79 Å². The number of carbonyl (C=O) groups is 2. The Kier molecular flexibility index (Phi) is 11.6. The van der Waals surface area contributed by atoms with Gasteiger partial charge in [0.1, 0.15) is 5.78 Å². The smallest absolute Gasteiger partial charge is 0.209 e. The molecular formula is C9H19NO2. The van der Waals surface area contributed by atoms with Crippen LogP contribution in [0, 0.1) is 0 Å². The van der Waals surface area contributed by atoms with Crippen LogP contribution in [-0.2, 0) is 9.59 Å². The number of unbranched alkanes of at least 4 members (excludes halogenated alkanes) is 1. The molecular weight excluding hydrogens is 154 g/mol. The fourth-order valence-corrected chi connectivity index (χ4v) is 0.426. The van der Waals surface area contributed by atoms with Gasteiger partial charge in [-0.1, -0.05) is 13.3 Å². The molecule has 0 aromatic heterocycles. The molecule has 3 heteroatoms. The molecule has 1 amide bonds. The lowest BCUT2D eigenvalue weighted by Gasteiger charge is -1.93. The Balaban J connectivity index is 0. The molecule has 0 radical (unpaired) electrons. The summed E-state index contributed by atoms with van der Waals surface area (Å²) < 4.78 is 0. The third-order valence-electron chi connectivity index (χ3n) is 1.09. The molecule has 12 heavy (non-hydrogen) atoms. The third kappa shape index (κ3) is 22.9. The van der Waals surface area contributed by atoms with E-state index in [1.165, 1.54) is 4.90 Å². The van der Waals surface area contributed by atoms with Crippen LogP contribution >= 0.6 is 0 Å². The van der Waals surface area contributed by atoms with Gasteiger partial charge in [0, 0.05) is 20.5 Å². The van der Waals surface area contributed by atoms with E-state index in [1.54, 1.807) is 21.0 Å². The van der Waals surface area contributed by atoms with Crippen LogP contribution in [0.1, 0.15) is 33.1 Å². The zero-order chi connectivity index (χ0) is 9.98. The summed E-state index contributed by atoms with van der Waals surface area (Å²) in [5, 5.41) is 0. The Morgan fingerprint density at radius 2 is 1.83 bits per heavy atom. The van der Waals surface area contributed by atoms with Crippen LogP contribution in [0.3, 0.4) is 0 Å². The van der Waals surface area contributed by atoms with Gasteiger partial charge in [-0.05, 0) is 13.3 Å². The predicted octanol–water partition coefficient (Wildman–Crippen LogP) is 1.47. The van der Waals surface area contributed by atoms with E-state index >= 15 is 0 Å². The average molecular weight is 173 g/mol. The van der Waals surface area contributed by atoms with Crippen molar-refractivity contribution >= 4 is 12.2 Å². The molecule has 0 bridgehead atoms. The first kappa shape index (κ1) is 13.7. The second-order valence-corrected chi connectivity index (χ2v) is 2.87. The molecule has 0 aliphatic carbocycles. The van der Waals surface area contributed by atoms with Gasteiger partial charge in [0.05, 0.1) is 0 Å². The largest absolute Gasteiger partial charge is 0.351 e. The highest BCUT2D eigenvalue weighted by atomic mass is 16.1. The van der Waals surface area contributed by atoms with Gasteiger partial charge in [-0.25, -0.2) is 0 Å². The fourth-order valence-electron chi connectivity index (χ4n) is 0.426. The molecule has 0 saturated heterocycles. The van der Waals surface area contributed by atoms with E-state index in [0.717, 1.165) is 25.7 Å². The van der Waals surface area contributed by atoms with Crippen LogP contribution in [0.4, 0.5) is 0 Å². The number of carbonyl (C=O) groups excluding carboxylic acids is 2. The molecule has 0 rings (SSSR count). The van der Waals surface area contributed by atoms with Crippen molar-refractivity contribution in [3.63, 3.8) is 0 Å². The highest BCUT2D eigenvalue weighted by Gasteiger charge is 1.87. The number of hydrogen-bond donors (Lipinski definition) is 0. The van der Waals surface area contributed by atoms with Gasteiger partial charge in [0.2, 0.25) is 6.41 Å². The third-order valence-corrected chi connectivity index (χ3v) is 1.09. The second kappa shape index (κ2) is 10.1. The maximum absolute atomic E-state index is 10.2. The molecule has 0 saturated carbocycles. The van der Waals surface area contributed by atoms with Crippen molar-refractivity contribution in [1.29, 1.82) is 0 Å². The standard InChI is InChI=1S/C6H12O.C3H7NO/c1-3-4-5-6(2)7;1-4(2)3-5/h3-5H2,1-2H3;3H,1-2H3. The Labute approximate surface area is 74.7 Å². The predicted molar refractivity (Wildman–Crippen MR) is 50.0 cm³/mol. The van der Waals surface area contributed by atoms with E-state index in [1.807, 2.05) is 0 Å². The molecule has 72 valence electrons. The summed E-state index contributed by atoms with van der Waals surface area (Å²) in [6, 6.07) is 0. The maximum atomic E-state index is 10.2. The SMILES string of the molecule is CCCCC(C)=O.CN(C)C=O. The van der Waals surface area contributed by atoms with Gasteiger partial charge < -0.3 is 9.69 Å². The molecule has 0 aromatic rings. The van der Waals surface area contributed by atoms with Crippen molar-refractivity contribution in [1.82, 2.24) is 4.90 Å². The lowest BCUT2D eigenvalue weighted by molar-refractivity contribution is -0.117. The summed E-state index contributed by atoms with van der Waals surface area (Å²) >= 11 is 0. The van der Waals surface area contributed by atoms with Crippen molar-refractivity contribution in [3.05, 3.63) is 0 Å². The molecule has 0 aliphatic heterocycles. The van der Waals surface area contributed by atoms with Gasteiger partial charge >= 0.3 is 0 Å². The fraction of sp³-hybridized carbons (Fsp3) is 0.778. The van der Waals surface area contributed by atoms with E-state index in [4.69, 9.17) is 0 Å². The van der Waals surface area contributed by atoms with Crippen molar-refractivity contribution in [3.8, 4) is 0 Å². The molecule has 0 fully saturated rings. The molecule has 0 unspecified atom stereocenters. The lowest BCUT2D eigenvalue weighted by atomic mass is 10.2. The monoisotopic (exact) mass is 173 g/mol. The van der Waals surface area contributed by atoms with Crippen LogP contribution in [0.15, 0.2) is 0 Å². The molecule has 0 aliphatic rings. The number of rotatable bonds is 4. The van der Waals surface area contributed by atoms with E-state index in [-0.39, 0.29) is 0 Å². The quantitative estimate of drug-likeness (QED) is 0.604. The Bertz CT molecular complexity index is 122. The first-order chi connectivity index (χ1) is 5.54. The van der Waals surface area contributed by atoms with Crippen molar-refractivity contribution in [2.45, 2.75) is 33.1 Å². The van der Waals surface area contributed by atoms with Gasteiger partial charge in [-0.15, -0.1) is 0 Å². The highest BCUT2D eigenvalue weighted by molar-refractivity contribution is 5.75. The zero-order valence-electron chi connectivity index (χ0n) is 8.46. The normalized spacial score (nSPS) is 8.00. The van der Waals surface area contributed by atoms with E-state index in [9.17, 15) is 9.59 Å². The van der Waals surface area contributed by atoms with Gasteiger partial charge in [0.25, 0.3) is 0 Å². The molecule has 0 atom stereocenters. The van der Waals surface area contributed by atoms with Gasteiger partial charge in [0.15, 0.2) is 0 Å².